The molecule has 0 amide bonds. The number of hydroxylamine groups is 2. The van der Waals surface area contributed by atoms with Crippen LogP contribution in [0.1, 0.15) is 219 Å². The maximum atomic E-state index is 10.8. The van der Waals surface area contributed by atoms with Crippen molar-refractivity contribution in [3.8, 4) is 0 Å². The van der Waals surface area contributed by atoms with Gasteiger partial charge < -0.3 is 9.42 Å². The van der Waals surface area contributed by atoms with Gasteiger partial charge in [-0.3, -0.25) is 9.40 Å². The zero-order valence-corrected chi connectivity index (χ0v) is 31.1. The van der Waals surface area contributed by atoms with E-state index in [1.54, 1.807) is 0 Å². The van der Waals surface area contributed by atoms with Gasteiger partial charge >= 0.3 is 8.25 Å². The number of nitrogens with zero attached hydrogens (tertiary/aromatic N) is 1. The van der Waals surface area contributed by atoms with Crippen LogP contribution in [0.5, 0.6) is 0 Å². The standard InChI is InChI=1S/C38H80NO4P/c1-3-5-7-9-11-13-15-17-19-21-23-25-27-29-31-33-35-39(42-37-38-43-44(40)41)36-34-32-30-28-26-24-22-20-18-16-14-12-10-8-6-4-2/h44H,3-38H2,1-2H3,(H,40,41). The molecule has 0 aliphatic heterocycles. The minimum atomic E-state index is -2.87. The monoisotopic (exact) mass is 646 g/mol. The first kappa shape index (κ1) is 44.1. The quantitative estimate of drug-likeness (QED) is 0.0409. The van der Waals surface area contributed by atoms with Crippen molar-refractivity contribution in [2.45, 2.75) is 219 Å². The van der Waals surface area contributed by atoms with E-state index in [0.29, 0.717) is 6.61 Å². The third-order valence-corrected chi connectivity index (χ3v) is 9.56. The molecule has 0 bridgehead atoms. The molecule has 0 aromatic rings. The fourth-order valence-electron chi connectivity index (χ4n) is 6.21. The lowest BCUT2D eigenvalue weighted by molar-refractivity contribution is -0.165. The van der Waals surface area contributed by atoms with Crippen molar-refractivity contribution in [2.24, 2.45) is 0 Å². The zero-order chi connectivity index (χ0) is 32.0. The summed E-state index contributed by atoms with van der Waals surface area (Å²) in [5.74, 6) is 0. The second-order valence-corrected chi connectivity index (χ2v) is 14.3. The van der Waals surface area contributed by atoms with E-state index in [1.165, 1.54) is 193 Å². The molecule has 1 atom stereocenters. The molecule has 0 rings (SSSR count). The Morgan fingerprint density at radius 1 is 0.409 bits per heavy atom. The summed E-state index contributed by atoms with van der Waals surface area (Å²) in [6.45, 7) is 7.02. The van der Waals surface area contributed by atoms with Gasteiger partial charge in [0.15, 0.2) is 0 Å². The van der Waals surface area contributed by atoms with Gasteiger partial charge in [-0.15, -0.1) is 0 Å². The molecule has 0 aromatic carbocycles. The van der Waals surface area contributed by atoms with Crippen LogP contribution in [0.15, 0.2) is 0 Å². The Bertz CT molecular complexity index is 515. The lowest BCUT2D eigenvalue weighted by atomic mass is 10.0. The molecule has 0 saturated carbocycles. The summed E-state index contributed by atoms with van der Waals surface area (Å²) in [6.07, 6.45) is 44.3. The average Bonchev–Trinajstić information content (AvgIpc) is 3.02. The van der Waals surface area contributed by atoms with Crippen LogP contribution in [0.3, 0.4) is 0 Å². The minimum Gasteiger partial charge on any atom is -0.326 e. The highest BCUT2D eigenvalue weighted by Crippen LogP contribution is 2.17. The summed E-state index contributed by atoms with van der Waals surface area (Å²) in [4.78, 5) is 14.8. The van der Waals surface area contributed by atoms with E-state index < -0.39 is 8.25 Å². The third-order valence-electron chi connectivity index (χ3n) is 9.10. The van der Waals surface area contributed by atoms with Gasteiger partial charge in [0, 0.05) is 13.1 Å². The molecule has 1 unspecified atom stereocenters. The smallest absolute Gasteiger partial charge is 0.316 e. The van der Waals surface area contributed by atoms with Gasteiger partial charge in [-0.2, -0.15) is 5.06 Å². The average molecular weight is 646 g/mol. The Balaban J connectivity index is 3.68. The number of hydrogen-bond donors (Lipinski definition) is 1. The molecule has 1 N–H and O–H groups in total. The predicted molar refractivity (Wildman–Crippen MR) is 194 cm³/mol. The predicted octanol–water partition coefficient (Wildman–Crippen LogP) is 13.1. The first-order valence-electron chi connectivity index (χ1n) is 19.9. The highest BCUT2D eigenvalue weighted by Gasteiger charge is 2.06. The molecule has 0 aliphatic carbocycles. The summed E-state index contributed by atoms with van der Waals surface area (Å²) in [5, 5.41) is 2.09. The zero-order valence-electron chi connectivity index (χ0n) is 30.1. The largest absolute Gasteiger partial charge is 0.326 e. The molecule has 0 aliphatic rings. The molecule has 0 aromatic heterocycles. The summed E-state index contributed by atoms with van der Waals surface area (Å²) in [7, 11) is -2.87. The highest BCUT2D eigenvalue weighted by molar-refractivity contribution is 7.32. The number of unbranched alkanes of at least 4 members (excludes halogenated alkanes) is 30. The van der Waals surface area contributed by atoms with Crippen LogP contribution in [0, 0.1) is 0 Å². The van der Waals surface area contributed by atoms with Gasteiger partial charge in [0.2, 0.25) is 0 Å². The van der Waals surface area contributed by atoms with Crippen LogP contribution < -0.4 is 0 Å². The Labute approximate surface area is 277 Å². The molecule has 0 radical (unpaired) electrons. The highest BCUT2D eigenvalue weighted by atomic mass is 31.1. The lowest BCUT2D eigenvalue weighted by Crippen LogP contribution is -2.28. The molecule has 0 spiro atoms. The third kappa shape index (κ3) is 38.3. The van der Waals surface area contributed by atoms with Crippen LogP contribution in [0.25, 0.3) is 0 Å². The van der Waals surface area contributed by atoms with E-state index in [4.69, 9.17) is 14.3 Å². The van der Waals surface area contributed by atoms with Gasteiger partial charge in [0.1, 0.15) is 0 Å². The van der Waals surface area contributed by atoms with Crippen LogP contribution in [0.4, 0.5) is 0 Å². The van der Waals surface area contributed by atoms with Crippen molar-refractivity contribution in [2.75, 3.05) is 26.3 Å². The first-order chi connectivity index (χ1) is 21.7. The summed E-state index contributed by atoms with van der Waals surface area (Å²) in [6, 6.07) is 0. The fraction of sp³-hybridized carbons (Fsp3) is 1.00. The fourth-order valence-corrected chi connectivity index (χ4v) is 6.47. The van der Waals surface area contributed by atoms with Crippen molar-refractivity contribution in [3.63, 3.8) is 0 Å². The Kier molecular flexibility index (Phi) is 39.3. The molecular weight excluding hydrogens is 565 g/mol. The second-order valence-electron chi connectivity index (χ2n) is 13.5. The molecule has 6 heteroatoms. The number of hydrogen-bond acceptors (Lipinski definition) is 4. The molecule has 44 heavy (non-hydrogen) atoms. The van der Waals surface area contributed by atoms with Gasteiger partial charge in [0.25, 0.3) is 0 Å². The molecule has 0 saturated heterocycles. The Morgan fingerprint density at radius 3 is 0.909 bits per heavy atom. The van der Waals surface area contributed by atoms with Crippen molar-refractivity contribution < 1.29 is 18.8 Å². The van der Waals surface area contributed by atoms with Crippen molar-refractivity contribution in [1.82, 2.24) is 5.06 Å². The van der Waals surface area contributed by atoms with E-state index in [1.807, 2.05) is 0 Å². The van der Waals surface area contributed by atoms with Crippen molar-refractivity contribution in [3.05, 3.63) is 0 Å². The molecule has 5 nitrogen and oxygen atoms in total. The number of rotatable bonds is 39. The molecule has 0 fully saturated rings. The molecule has 0 heterocycles. The summed E-state index contributed by atoms with van der Waals surface area (Å²) >= 11 is 0. The van der Waals surface area contributed by atoms with Gasteiger partial charge in [-0.1, -0.05) is 206 Å². The first-order valence-corrected chi connectivity index (χ1v) is 21.2. The summed E-state index contributed by atoms with van der Waals surface area (Å²) < 4.78 is 15.6. The normalized spacial score (nSPS) is 12.5. The SMILES string of the molecule is CCCCCCCCCCCCCCCCCCN(CCCCCCCCCCCCCCCCCC)OCCO[PH](=O)O. The van der Waals surface area contributed by atoms with E-state index >= 15 is 0 Å². The second kappa shape index (κ2) is 39.2. The van der Waals surface area contributed by atoms with E-state index in [2.05, 4.69) is 18.9 Å². The van der Waals surface area contributed by atoms with Crippen molar-refractivity contribution >= 4 is 8.25 Å². The van der Waals surface area contributed by atoms with E-state index in [-0.39, 0.29) is 6.61 Å². The maximum absolute atomic E-state index is 10.8. The van der Waals surface area contributed by atoms with Gasteiger partial charge in [-0.05, 0) is 12.8 Å². The maximum Gasteiger partial charge on any atom is 0.316 e. The molecular formula is C38H80NO4P. The van der Waals surface area contributed by atoms with Gasteiger partial charge in [-0.25, -0.2) is 0 Å². The van der Waals surface area contributed by atoms with Gasteiger partial charge in [0.05, 0.1) is 13.2 Å². The van der Waals surface area contributed by atoms with Crippen molar-refractivity contribution in [1.29, 1.82) is 0 Å². The topological polar surface area (TPSA) is 59.0 Å². The van der Waals surface area contributed by atoms with Crippen LogP contribution in [0.2, 0.25) is 0 Å². The lowest BCUT2D eigenvalue weighted by Gasteiger charge is -2.21. The van der Waals surface area contributed by atoms with Crippen LogP contribution in [-0.4, -0.2) is 36.3 Å². The minimum absolute atomic E-state index is 0.183. The van der Waals surface area contributed by atoms with E-state index in [0.717, 1.165) is 25.9 Å². The summed E-state index contributed by atoms with van der Waals surface area (Å²) in [5.41, 5.74) is 0. The van der Waals surface area contributed by atoms with E-state index in [9.17, 15) is 4.57 Å². The van der Waals surface area contributed by atoms with Crippen LogP contribution in [-0.2, 0) is 13.9 Å². The Morgan fingerprint density at radius 2 is 0.659 bits per heavy atom. The van der Waals surface area contributed by atoms with Crippen LogP contribution >= 0.6 is 8.25 Å². The Hall–Kier alpha value is 0.0700. The molecule has 266 valence electrons.